The minimum Gasteiger partial charge on any atom is -0.336 e. The molecule has 1 aliphatic rings. The van der Waals surface area contributed by atoms with Crippen molar-refractivity contribution in [2.75, 3.05) is 38.0 Å². The Labute approximate surface area is 165 Å². The summed E-state index contributed by atoms with van der Waals surface area (Å²) < 4.78 is 1.39. The predicted octanol–water partition coefficient (Wildman–Crippen LogP) is 1.15. The van der Waals surface area contributed by atoms with Crippen molar-refractivity contribution in [3.8, 4) is 0 Å². The van der Waals surface area contributed by atoms with Crippen LogP contribution in [0.5, 0.6) is 0 Å². The van der Waals surface area contributed by atoms with Crippen molar-refractivity contribution in [3.63, 3.8) is 0 Å². The molecule has 2 aromatic heterocycles. The average Bonchev–Trinajstić information content (AvgIpc) is 3.19. The molecule has 1 fully saturated rings. The lowest BCUT2D eigenvalue weighted by atomic mass is 10.2. The van der Waals surface area contributed by atoms with Gasteiger partial charge in [-0.3, -0.25) is 23.7 Å². The first-order valence-corrected chi connectivity index (χ1v) is 9.81. The average molecular weight is 397 g/mol. The Morgan fingerprint density at radius 2 is 1.86 bits per heavy atom. The smallest absolute Gasteiger partial charge is 0.271 e. The number of fused-ring (bicyclic) bond motifs is 1. The molecule has 3 heterocycles. The first kappa shape index (κ1) is 18.3. The summed E-state index contributed by atoms with van der Waals surface area (Å²) in [6.45, 7) is 2.33. The van der Waals surface area contributed by atoms with Gasteiger partial charge in [0, 0.05) is 49.6 Å². The lowest BCUT2D eigenvalue weighted by Gasteiger charge is -2.34. The van der Waals surface area contributed by atoms with Gasteiger partial charge < -0.3 is 10.2 Å². The van der Waals surface area contributed by atoms with E-state index in [1.54, 1.807) is 16.5 Å². The molecule has 0 atom stereocenters. The number of aromatic nitrogens is 2. The molecule has 1 saturated heterocycles. The van der Waals surface area contributed by atoms with Crippen LogP contribution in [0.3, 0.4) is 0 Å². The quantitative estimate of drug-likeness (QED) is 0.714. The van der Waals surface area contributed by atoms with E-state index in [0.29, 0.717) is 31.1 Å². The van der Waals surface area contributed by atoms with Crippen LogP contribution in [0, 0.1) is 0 Å². The van der Waals surface area contributed by atoms with Gasteiger partial charge >= 0.3 is 0 Å². The molecule has 0 saturated carbocycles. The molecule has 0 bridgehead atoms. The Hall–Kier alpha value is -3.04. The van der Waals surface area contributed by atoms with Crippen LogP contribution in [-0.4, -0.2) is 63.7 Å². The van der Waals surface area contributed by atoms with E-state index in [1.165, 1.54) is 21.9 Å². The Balaban J connectivity index is 1.34. The van der Waals surface area contributed by atoms with Crippen molar-refractivity contribution in [1.82, 2.24) is 19.2 Å². The van der Waals surface area contributed by atoms with Gasteiger partial charge in [0.15, 0.2) is 4.96 Å². The number of thiazole rings is 1. The van der Waals surface area contributed by atoms with Crippen LogP contribution in [0.15, 0.2) is 52.9 Å². The number of anilines is 1. The molecule has 0 aliphatic carbocycles. The summed E-state index contributed by atoms with van der Waals surface area (Å²) in [5.74, 6) is -0.400. The van der Waals surface area contributed by atoms with Crippen molar-refractivity contribution in [1.29, 1.82) is 0 Å². The summed E-state index contributed by atoms with van der Waals surface area (Å²) in [4.78, 5) is 45.8. The van der Waals surface area contributed by atoms with Gasteiger partial charge in [-0.15, -0.1) is 11.3 Å². The number of amides is 2. The topological polar surface area (TPSA) is 87.0 Å². The minimum atomic E-state index is -0.346. The summed E-state index contributed by atoms with van der Waals surface area (Å²) in [6.07, 6.45) is 2.98. The second-order valence-electron chi connectivity index (χ2n) is 6.52. The molecule has 1 N–H and O–H groups in total. The SMILES string of the molecule is O=C(CN1CCN(C(=O)c2cnc3sccn3c2=O)CC1)Nc1ccccc1. The van der Waals surface area contributed by atoms with Gasteiger partial charge in [-0.25, -0.2) is 4.98 Å². The van der Waals surface area contributed by atoms with Gasteiger partial charge in [0.2, 0.25) is 5.91 Å². The predicted molar refractivity (Wildman–Crippen MR) is 107 cm³/mol. The van der Waals surface area contributed by atoms with E-state index < -0.39 is 0 Å². The zero-order valence-corrected chi connectivity index (χ0v) is 15.9. The molecule has 4 rings (SSSR count). The molecule has 1 aliphatic heterocycles. The minimum absolute atomic E-state index is 0.0752. The zero-order valence-electron chi connectivity index (χ0n) is 15.1. The fourth-order valence-electron chi connectivity index (χ4n) is 3.18. The number of rotatable bonds is 4. The maximum atomic E-state index is 12.7. The van der Waals surface area contributed by atoms with Crippen molar-refractivity contribution < 1.29 is 9.59 Å². The summed E-state index contributed by atoms with van der Waals surface area (Å²) in [6, 6.07) is 9.30. The maximum Gasteiger partial charge on any atom is 0.271 e. The zero-order chi connectivity index (χ0) is 19.5. The van der Waals surface area contributed by atoms with E-state index in [9.17, 15) is 14.4 Å². The summed E-state index contributed by atoms with van der Waals surface area (Å²) in [7, 11) is 0. The fraction of sp³-hybridized carbons (Fsp3) is 0.263. The Morgan fingerprint density at radius 3 is 2.61 bits per heavy atom. The number of benzene rings is 1. The molecule has 2 amide bonds. The maximum absolute atomic E-state index is 12.7. The van der Waals surface area contributed by atoms with Crippen LogP contribution < -0.4 is 10.9 Å². The van der Waals surface area contributed by atoms with Gasteiger partial charge in [-0.1, -0.05) is 18.2 Å². The van der Waals surface area contributed by atoms with E-state index >= 15 is 0 Å². The molecular weight excluding hydrogens is 378 g/mol. The van der Waals surface area contributed by atoms with Crippen molar-refractivity contribution >= 4 is 33.8 Å². The fourth-order valence-corrected chi connectivity index (χ4v) is 3.85. The molecule has 0 spiro atoms. The van der Waals surface area contributed by atoms with E-state index in [4.69, 9.17) is 0 Å². The number of nitrogens with one attached hydrogen (secondary N) is 1. The molecule has 28 heavy (non-hydrogen) atoms. The van der Waals surface area contributed by atoms with Crippen molar-refractivity contribution in [2.45, 2.75) is 0 Å². The highest BCUT2D eigenvalue weighted by Crippen LogP contribution is 2.10. The van der Waals surface area contributed by atoms with Crippen LogP contribution in [0.2, 0.25) is 0 Å². The third kappa shape index (κ3) is 3.80. The first-order chi connectivity index (χ1) is 13.6. The third-order valence-corrected chi connectivity index (χ3v) is 5.43. The number of carbonyl (C=O) groups is 2. The van der Waals surface area contributed by atoms with Crippen LogP contribution in [0.4, 0.5) is 5.69 Å². The molecule has 0 radical (unpaired) electrons. The largest absolute Gasteiger partial charge is 0.336 e. The molecule has 8 nitrogen and oxygen atoms in total. The number of nitrogens with zero attached hydrogens (tertiary/aromatic N) is 4. The molecule has 9 heteroatoms. The monoisotopic (exact) mass is 397 g/mol. The number of hydrogen-bond acceptors (Lipinski definition) is 6. The summed E-state index contributed by atoms with van der Waals surface area (Å²) >= 11 is 1.35. The highest BCUT2D eigenvalue weighted by Gasteiger charge is 2.25. The number of carbonyl (C=O) groups excluding carboxylic acids is 2. The van der Waals surface area contributed by atoms with Crippen LogP contribution in [0.1, 0.15) is 10.4 Å². The number of hydrogen-bond donors (Lipinski definition) is 1. The normalized spacial score (nSPS) is 14.9. The van der Waals surface area contributed by atoms with Gasteiger partial charge in [0.25, 0.3) is 11.5 Å². The molecule has 0 unspecified atom stereocenters. The van der Waals surface area contributed by atoms with Crippen molar-refractivity contribution in [2.24, 2.45) is 0 Å². The van der Waals surface area contributed by atoms with E-state index in [-0.39, 0.29) is 29.5 Å². The highest BCUT2D eigenvalue weighted by molar-refractivity contribution is 7.15. The lowest BCUT2D eigenvalue weighted by molar-refractivity contribution is -0.117. The van der Waals surface area contributed by atoms with Crippen LogP contribution in [0.25, 0.3) is 4.96 Å². The van der Waals surface area contributed by atoms with Crippen molar-refractivity contribution in [3.05, 3.63) is 64.0 Å². The Kier molecular flexibility index (Phi) is 5.18. The lowest BCUT2D eigenvalue weighted by Crippen LogP contribution is -2.51. The number of piperazine rings is 1. The number of para-hydroxylation sites is 1. The van der Waals surface area contributed by atoms with E-state index in [1.807, 2.05) is 35.2 Å². The van der Waals surface area contributed by atoms with Gasteiger partial charge in [-0.2, -0.15) is 0 Å². The highest BCUT2D eigenvalue weighted by atomic mass is 32.1. The molecule has 3 aromatic rings. The summed E-state index contributed by atoms with van der Waals surface area (Å²) in [5.41, 5.74) is 0.491. The third-order valence-electron chi connectivity index (χ3n) is 4.66. The van der Waals surface area contributed by atoms with Crippen LogP contribution in [-0.2, 0) is 4.79 Å². The van der Waals surface area contributed by atoms with E-state index in [0.717, 1.165) is 5.69 Å². The van der Waals surface area contributed by atoms with Gasteiger partial charge in [0.1, 0.15) is 5.56 Å². The molecule has 1 aromatic carbocycles. The standard InChI is InChI=1S/C19H19N5O3S/c25-16(21-14-4-2-1-3-5-14)13-22-6-8-23(9-7-22)17(26)15-12-20-19-24(18(15)27)10-11-28-19/h1-5,10-12H,6-9,13H2,(H,21,25). The van der Waals surface area contributed by atoms with Crippen LogP contribution >= 0.6 is 11.3 Å². The van der Waals surface area contributed by atoms with Gasteiger partial charge in [0.05, 0.1) is 6.54 Å². The van der Waals surface area contributed by atoms with Gasteiger partial charge in [-0.05, 0) is 12.1 Å². The summed E-state index contributed by atoms with van der Waals surface area (Å²) in [5, 5.41) is 4.62. The Bertz CT molecular complexity index is 1050. The van der Waals surface area contributed by atoms with E-state index in [2.05, 4.69) is 10.3 Å². The first-order valence-electron chi connectivity index (χ1n) is 8.93. The molecule has 144 valence electrons. The second-order valence-corrected chi connectivity index (χ2v) is 7.39. The molecular formula is C19H19N5O3S. The second kappa shape index (κ2) is 7.91. The Morgan fingerprint density at radius 1 is 1.11 bits per heavy atom.